The molecule has 1 unspecified atom stereocenters. The first-order valence-corrected chi connectivity index (χ1v) is 9.94. The van der Waals surface area contributed by atoms with Crippen LogP contribution in [0.3, 0.4) is 0 Å². The van der Waals surface area contributed by atoms with Crippen LogP contribution in [0, 0.1) is 5.92 Å². The fourth-order valence-corrected chi connectivity index (χ4v) is 3.30. The van der Waals surface area contributed by atoms with Gasteiger partial charge in [0.25, 0.3) is 0 Å². The third-order valence-electron chi connectivity index (χ3n) is 4.91. The molecule has 0 bridgehead atoms. The minimum Gasteiger partial charge on any atom is -0.381 e. The van der Waals surface area contributed by atoms with Gasteiger partial charge in [0.15, 0.2) is 5.96 Å². The van der Waals surface area contributed by atoms with Crippen LogP contribution >= 0.6 is 24.0 Å². The van der Waals surface area contributed by atoms with Gasteiger partial charge in [0.2, 0.25) is 0 Å². The first kappa shape index (κ1) is 23.0. The molecule has 7 heteroatoms. The molecule has 2 N–H and O–H groups in total. The SMILES string of the molecule is CN=C(NCCCOCC1CCOC1)NCc1cccc(N2CC=CC2)c1.I. The molecule has 2 aliphatic heterocycles. The quantitative estimate of drug-likeness (QED) is 0.180. The number of guanidine groups is 1. The van der Waals surface area contributed by atoms with E-state index in [4.69, 9.17) is 9.47 Å². The lowest BCUT2D eigenvalue weighted by atomic mass is 10.1. The number of nitrogens with one attached hydrogen (secondary N) is 2. The number of ether oxygens (including phenoxy) is 2. The van der Waals surface area contributed by atoms with Gasteiger partial charge in [0.05, 0.1) is 13.2 Å². The van der Waals surface area contributed by atoms with E-state index in [1.807, 2.05) is 0 Å². The molecule has 0 spiro atoms. The summed E-state index contributed by atoms with van der Waals surface area (Å²) in [4.78, 5) is 6.66. The van der Waals surface area contributed by atoms with Gasteiger partial charge in [-0.15, -0.1) is 24.0 Å². The molecule has 0 radical (unpaired) electrons. The van der Waals surface area contributed by atoms with Gasteiger partial charge in [-0.3, -0.25) is 4.99 Å². The van der Waals surface area contributed by atoms with Crippen molar-refractivity contribution in [2.45, 2.75) is 19.4 Å². The topological polar surface area (TPSA) is 58.1 Å². The minimum absolute atomic E-state index is 0. The molecule has 1 saturated heterocycles. The van der Waals surface area contributed by atoms with Gasteiger partial charge in [-0.05, 0) is 30.5 Å². The Bertz CT molecular complexity index is 625. The highest BCUT2D eigenvalue weighted by atomic mass is 127. The summed E-state index contributed by atoms with van der Waals surface area (Å²) >= 11 is 0. The highest BCUT2D eigenvalue weighted by Crippen LogP contribution is 2.18. The lowest BCUT2D eigenvalue weighted by Gasteiger charge is -2.19. The summed E-state index contributed by atoms with van der Waals surface area (Å²) in [6.45, 7) is 6.92. The molecule has 0 aliphatic carbocycles. The van der Waals surface area contributed by atoms with E-state index >= 15 is 0 Å². The van der Waals surface area contributed by atoms with E-state index in [1.165, 1.54) is 11.3 Å². The number of aliphatic imine (C=N–C) groups is 1. The molecular formula is C21H33IN4O2. The maximum atomic E-state index is 5.73. The number of hydrogen-bond donors (Lipinski definition) is 2. The van der Waals surface area contributed by atoms with E-state index in [0.717, 1.165) is 71.4 Å². The van der Waals surface area contributed by atoms with Gasteiger partial charge in [-0.1, -0.05) is 24.3 Å². The van der Waals surface area contributed by atoms with E-state index in [0.29, 0.717) is 5.92 Å². The van der Waals surface area contributed by atoms with Crippen LogP contribution in [-0.2, 0) is 16.0 Å². The van der Waals surface area contributed by atoms with Crippen LogP contribution in [0.5, 0.6) is 0 Å². The Kier molecular flexibility index (Phi) is 10.7. The summed E-state index contributed by atoms with van der Waals surface area (Å²) in [7, 11) is 1.80. The molecule has 0 amide bonds. The molecule has 28 heavy (non-hydrogen) atoms. The molecule has 0 saturated carbocycles. The van der Waals surface area contributed by atoms with Gasteiger partial charge in [0.1, 0.15) is 0 Å². The summed E-state index contributed by atoms with van der Waals surface area (Å²) in [6.07, 6.45) is 6.51. The highest BCUT2D eigenvalue weighted by molar-refractivity contribution is 14.0. The van der Waals surface area contributed by atoms with Crippen molar-refractivity contribution in [3.63, 3.8) is 0 Å². The van der Waals surface area contributed by atoms with E-state index in [9.17, 15) is 0 Å². The Morgan fingerprint density at radius 2 is 2.14 bits per heavy atom. The van der Waals surface area contributed by atoms with E-state index in [2.05, 4.69) is 56.9 Å². The van der Waals surface area contributed by atoms with Gasteiger partial charge in [-0.25, -0.2) is 0 Å². The molecule has 156 valence electrons. The maximum absolute atomic E-state index is 5.73. The number of anilines is 1. The summed E-state index contributed by atoms with van der Waals surface area (Å²) < 4.78 is 11.1. The van der Waals surface area contributed by atoms with Crippen LogP contribution in [-0.4, -0.2) is 59.1 Å². The third kappa shape index (κ3) is 7.60. The Hall–Kier alpha value is -1.32. The number of halogens is 1. The standard InChI is InChI=1S/C21H32N4O2.HI/c1-22-21(23-9-5-12-26-16-19-8-13-27-17-19)24-15-18-6-4-7-20(14-18)25-10-2-3-11-25;/h2-4,6-7,14,19H,5,8-13,15-17H2,1H3,(H2,22,23,24);1H. The van der Waals surface area contributed by atoms with Crippen molar-refractivity contribution in [3.8, 4) is 0 Å². The zero-order valence-corrected chi connectivity index (χ0v) is 19.1. The minimum atomic E-state index is 0. The van der Waals surface area contributed by atoms with Crippen LogP contribution in [0.2, 0.25) is 0 Å². The summed E-state index contributed by atoms with van der Waals surface area (Å²) in [6, 6.07) is 8.68. The summed E-state index contributed by atoms with van der Waals surface area (Å²) in [5.41, 5.74) is 2.52. The molecule has 3 rings (SSSR count). The van der Waals surface area contributed by atoms with E-state index in [-0.39, 0.29) is 24.0 Å². The van der Waals surface area contributed by atoms with Gasteiger partial charge >= 0.3 is 0 Å². The number of hydrogen-bond acceptors (Lipinski definition) is 4. The van der Waals surface area contributed by atoms with Crippen molar-refractivity contribution in [1.82, 2.24) is 10.6 Å². The Morgan fingerprint density at radius 1 is 1.29 bits per heavy atom. The summed E-state index contributed by atoms with van der Waals surface area (Å²) in [5.74, 6) is 1.41. The lowest BCUT2D eigenvalue weighted by Crippen LogP contribution is -2.37. The molecule has 2 aliphatic rings. The van der Waals surface area contributed by atoms with Crippen LogP contribution in [0.25, 0.3) is 0 Å². The van der Waals surface area contributed by atoms with Gasteiger partial charge < -0.3 is 25.0 Å². The Morgan fingerprint density at radius 3 is 2.89 bits per heavy atom. The normalized spacial score (nSPS) is 19.0. The van der Waals surface area contributed by atoms with E-state index in [1.54, 1.807) is 7.05 Å². The van der Waals surface area contributed by atoms with Crippen molar-refractivity contribution in [1.29, 1.82) is 0 Å². The molecule has 6 nitrogen and oxygen atoms in total. The van der Waals surface area contributed by atoms with Crippen molar-refractivity contribution in [3.05, 3.63) is 42.0 Å². The first-order valence-electron chi connectivity index (χ1n) is 9.94. The van der Waals surface area contributed by atoms with Crippen LogP contribution in [0.1, 0.15) is 18.4 Å². The van der Waals surface area contributed by atoms with Crippen LogP contribution in [0.15, 0.2) is 41.4 Å². The van der Waals surface area contributed by atoms with Crippen LogP contribution < -0.4 is 15.5 Å². The molecule has 1 aromatic carbocycles. The van der Waals surface area contributed by atoms with Crippen molar-refractivity contribution in [2.24, 2.45) is 10.9 Å². The van der Waals surface area contributed by atoms with Crippen molar-refractivity contribution >= 4 is 35.6 Å². The first-order chi connectivity index (χ1) is 13.3. The molecule has 1 aromatic rings. The van der Waals surface area contributed by atoms with Gasteiger partial charge in [0, 0.05) is 58.0 Å². The number of rotatable bonds is 9. The fraction of sp³-hybridized carbons (Fsp3) is 0.571. The molecule has 1 fully saturated rings. The molecular weight excluding hydrogens is 467 g/mol. The third-order valence-corrected chi connectivity index (χ3v) is 4.91. The molecule has 2 heterocycles. The summed E-state index contributed by atoms with van der Waals surface area (Å²) in [5, 5.41) is 6.74. The zero-order chi connectivity index (χ0) is 18.7. The zero-order valence-electron chi connectivity index (χ0n) is 16.7. The van der Waals surface area contributed by atoms with Crippen molar-refractivity contribution in [2.75, 3.05) is 58.0 Å². The largest absolute Gasteiger partial charge is 0.381 e. The second-order valence-corrected chi connectivity index (χ2v) is 7.06. The monoisotopic (exact) mass is 500 g/mol. The Labute approximate surface area is 185 Å². The molecule has 1 atom stereocenters. The smallest absolute Gasteiger partial charge is 0.191 e. The second kappa shape index (κ2) is 13.0. The Balaban J connectivity index is 0.00000280. The van der Waals surface area contributed by atoms with Crippen molar-refractivity contribution < 1.29 is 9.47 Å². The predicted octanol–water partition coefficient (Wildman–Crippen LogP) is 2.79. The van der Waals surface area contributed by atoms with E-state index < -0.39 is 0 Å². The fourth-order valence-electron chi connectivity index (χ4n) is 3.30. The number of benzene rings is 1. The average Bonchev–Trinajstić information content (AvgIpc) is 3.41. The second-order valence-electron chi connectivity index (χ2n) is 7.06. The number of nitrogens with zero attached hydrogens (tertiary/aromatic N) is 2. The lowest BCUT2D eigenvalue weighted by molar-refractivity contribution is 0.0888. The van der Waals surface area contributed by atoms with Crippen LogP contribution in [0.4, 0.5) is 5.69 Å². The highest BCUT2D eigenvalue weighted by Gasteiger charge is 2.15. The maximum Gasteiger partial charge on any atom is 0.191 e. The predicted molar refractivity (Wildman–Crippen MR) is 126 cm³/mol. The van der Waals surface area contributed by atoms with Gasteiger partial charge in [-0.2, -0.15) is 0 Å². The average molecular weight is 500 g/mol. The molecule has 0 aromatic heterocycles.